The monoisotopic (exact) mass is 502 g/mol. The molecule has 1 N–H and O–H groups in total. The molecule has 1 amide bonds. The van der Waals surface area contributed by atoms with E-state index in [1.54, 1.807) is 0 Å². The fourth-order valence-electron chi connectivity index (χ4n) is 3.88. The highest BCUT2D eigenvalue weighted by Gasteiger charge is 2.42. The second kappa shape index (κ2) is 9.13. The molecule has 0 spiro atoms. The van der Waals surface area contributed by atoms with E-state index in [0.717, 1.165) is 11.0 Å². The van der Waals surface area contributed by atoms with Gasteiger partial charge in [-0.15, -0.1) is 10.2 Å². The molecule has 9 nitrogen and oxygen atoms in total. The van der Waals surface area contributed by atoms with Crippen molar-refractivity contribution in [2.24, 2.45) is 0 Å². The van der Waals surface area contributed by atoms with Crippen LogP contribution in [0.2, 0.25) is 0 Å². The fourth-order valence-corrected chi connectivity index (χ4v) is 3.88. The highest BCUT2D eigenvalue weighted by Crippen LogP contribution is 2.35. The zero-order valence-electron chi connectivity index (χ0n) is 17.7. The number of rotatable bonds is 5. The third kappa shape index (κ3) is 4.50. The first-order valence-electron chi connectivity index (χ1n) is 10.0. The second-order valence-corrected chi connectivity index (χ2v) is 7.49. The van der Waals surface area contributed by atoms with E-state index in [2.05, 4.69) is 24.9 Å². The number of hydrogen-bond donors (Lipinski definition) is 1. The van der Waals surface area contributed by atoms with E-state index in [0.29, 0.717) is 6.20 Å². The van der Waals surface area contributed by atoms with Gasteiger partial charge in [-0.2, -0.15) is 22.0 Å². The van der Waals surface area contributed by atoms with Crippen molar-refractivity contribution in [3.8, 4) is 17.3 Å². The van der Waals surface area contributed by atoms with Gasteiger partial charge in [0, 0.05) is 25.0 Å². The van der Waals surface area contributed by atoms with E-state index >= 15 is 0 Å². The minimum Gasteiger partial charge on any atom is -0.435 e. The van der Waals surface area contributed by atoms with Crippen molar-refractivity contribution in [3.05, 3.63) is 53.5 Å². The van der Waals surface area contributed by atoms with E-state index in [4.69, 9.17) is 0 Å². The van der Waals surface area contributed by atoms with Gasteiger partial charge >= 0.3 is 12.8 Å². The SMILES string of the molecule is CC1c2nnc(-c3cc(OC(F)F)ccn3)n2CC(CO)N1C(=O)c1ccnc(C(F)(F)F)c1F. The van der Waals surface area contributed by atoms with Gasteiger partial charge in [0.2, 0.25) is 0 Å². The molecular formula is C20H16F6N6O3. The molecule has 186 valence electrons. The number of ether oxygens (including phenoxy) is 1. The average molecular weight is 502 g/mol. The van der Waals surface area contributed by atoms with Gasteiger partial charge in [0.1, 0.15) is 11.4 Å². The molecule has 0 bridgehead atoms. The zero-order valence-corrected chi connectivity index (χ0v) is 17.7. The molecule has 0 aliphatic carbocycles. The number of aromatic nitrogens is 5. The maximum Gasteiger partial charge on any atom is 0.436 e. The van der Waals surface area contributed by atoms with E-state index in [1.807, 2.05) is 0 Å². The summed E-state index contributed by atoms with van der Waals surface area (Å²) in [6, 6.07) is 1.25. The molecule has 3 aromatic heterocycles. The summed E-state index contributed by atoms with van der Waals surface area (Å²) >= 11 is 0. The van der Waals surface area contributed by atoms with Crippen molar-refractivity contribution < 1.29 is 41.0 Å². The summed E-state index contributed by atoms with van der Waals surface area (Å²) in [5, 5.41) is 17.9. The highest BCUT2D eigenvalue weighted by atomic mass is 19.4. The minimum atomic E-state index is -5.12. The third-order valence-corrected chi connectivity index (χ3v) is 5.38. The molecule has 35 heavy (non-hydrogen) atoms. The van der Waals surface area contributed by atoms with Gasteiger partial charge in [0.05, 0.1) is 24.3 Å². The van der Waals surface area contributed by atoms with Gasteiger partial charge in [0.15, 0.2) is 23.2 Å². The second-order valence-electron chi connectivity index (χ2n) is 7.49. The molecule has 15 heteroatoms. The number of aliphatic hydroxyl groups is 1. The first kappa shape index (κ1) is 24.4. The molecule has 4 rings (SSSR count). The van der Waals surface area contributed by atoms with Crippen molar-refractivity contribution in [1.82, 2.24) is 29.6 Å². The number of halogens is 6. The highest BCUT2D eigenvalue weighted by molar-refractivity contribution is 5.95. The van der Waals surface area contributed by atoms with Crippen LogP contribution in [0.1, 0.15) is 34.8 Å². The summed E-state index contributed by atoms with van der Waals surface area (Å²) in [6.07, 6.45) is -3.23. The van der Waals surface area contributed by atoms with Gasteiger partial charge in [0.25, 0.3) is 5.91 Å². The molecule has 2 unspecified atom stereocenters. The van der Waals surface area contributed by atoms with Gasteiger partial charge in [-0.05, 0) is 19.1 Å². The summed E-state index contributed by atoms with van der Waals surface area (Å²) in [7, 11) is 0. The first-order valence-corrected chi connectivity index (χ1v) is 10.0. The van der Waals surface area contributed by atoms with Gasteiger partial charge in [-0.25, -0.2) is 9.37 Å². The lowest BCUT2D eigenvalue weighted by Gasteiger charge is -2.40. The third-order valence-electron chi connectivity index (χ3n) is 5.38. The molecule has 0 saturated heterocycles. The van der Waals surface area contributed by atoms with E-state index in [1.165, 1.54) is 29.8 Å². The van der Waals surface area contributed by atoms with Crippen LogP contribution >= 0.6 is 0 Å². The minimum absolute atomic E-state index is 0.112. The van der Waals surface area contributed by atoms with Crippen LogP contribution in [0, 0.1) is 5.82 Å². The number of hydrogen-bond acceptors (Lipinski definition) is 7. The number of fused-ring (bicyclic) bond motifs is 1. The van der Waals surface area contributed by atoms with Crippen LogP contribution in [-0.2, 0) is 12.7 Å². The Kier molecular flexibility index (Phi) is 6.36. The van der Waals surface area contributed by atoms with E-state index in [9.17, 15) is 36.2 Å². The Morgan fingerprint density at radius 1 is 1.23 bits per heavy atom. The van der Waals surface area contributed by atoms with Gasteiger partial charge in [-0.1, -0.05) is 0 Å². The van der Waals surface area contributed by atoms with Crippen LogP contribution in [-0.4, -0.2) is 59.9 Å². The molecule has 2 atom stereocenters. The summed E-state index contributed by atoms with van der Waals surface area (Å²) in [4.78, 5) is 21.2. The average Bonchev–Trinajstić information content (AvgIpc) is 3.22. The lowest BCUT2D eigenvalue weighted by molar-refractivity contribution is -0.143. The number of alkyl halides is 5. The predicted molar refractivity (Wildman–Crippen MR) is 105 cm³/mol. The fraction of sp³-hybridized carbons (Fsp3) is 0.350. The normalized spacial score (nSPS) is 18.0. The summed E-state index contributed by atoms with van der Waals surface area (Å²) in [5.41, 5.74) is -2.60. The van der Waals surface area contributed by atoms with Gasteiger partial charge in [-0.3, -0.25) is 9.78 Å². The lowest BCUT2D eigenvalue weighted by atomic mass is 10.0. The van der Waals surface area contributed by atoms with Crippen molar-refractivity contribution in [1.29, 1.82) is 0 Å². The van der Waals surface area contributed by atoms with Crippen LogP contribution < -0.4 is 4.74 Å². The Labute approximate surface area is 193 Å². The molecule has 0 fully saturated rings. The Morgan fingerprint density at radius 2 is 1.94 bits per heavy atom. The predicted octanol–water partition coefficient (Wildman–Crippen LogP) is 3.07. The molecule has 0 radical (unpaired) electrons. The standard InChI is InChI=1S/C20H16F6N6O3/c1-9-16-29-30-17(13-6-11(2-4-27-13)35-19(22)23)31(16)7-10(8-33)32(9)18(34)12-3-5-28-15(14(12)21)20(24,25)26/h2-6,9-10,19,33H,7-8H2,1H3. The van der Waals surface area contributed by atoms with Gasteiger partial charge < -0.3 is 19.3 Å². The Balaban J connectivity index is 1.71. The topological polar surface area (TPSA) is 106 Å². The molecule has 1 aliphatic rings. The number of carbonyl (C=O) groups is 1. The molecule has 3 aromatic rings. The van der Waals surface area contributed by atoms with Crippen LogP contribution in [0.3, 0.4) is 0 Å². The van der Waals surface area contributed by atoms with Crippen molar-refractivity contribution >= 4 is 5.91 Å². The molecule has 0 aromatic carbocycles. The maximum atomic E-state index is 14.6. The van der Waals surface area contributed by atoms with Crippen LogP contribution in [0.5, 0.6) is 5.75 Å². The summed E-state index contributed by atoms with van der Waals surface area (Å²) in [5.74, 6) is -2.85. The number of pyridine rings is 2. The number of aliphatic hydroxyl groups excluding tert-OH is 1. The van der Waals surface area contributed by atoms with E-state index < -0.39 is 54.5 Å². The molecular weight excluding hydrogens is 486 g/mol. The number of nitrogens with zero attached hydrogens (tertiary/aromatic N) is 6. The smallest absolute Gasteiger partial charge is 0.435 e. The van der Waals surface area contributed by atoms with Crippen molar-refractivity contribution in [2.45, 2.75) is 38.3 Å². The zero-order chi connectivity index (χ0) is 25.5. The molecule has 1 aliphatic heterocycles. The van der Waals surface area contributed by atoms with Crippen LogP contribution in [0.4, 0.5) is 26.3 Å². The van der Waals surface area contributed by atoms with E-state index in [-0.39, 0.29) is 29.6 Å². The summed E-state index contributed by atoms with van der Waals surface area (Å²) < 4.78 is 84.7. The maximum absolute atomic E-state index is 14.6. The lowest BCUT2D eigenvalue weighted by Crippen LogP contribution is -2.50. The van der Waals surface area contributed by atoms with Crippen molar-refractivity contribution in [3.63, 3.8) is 0 Å². The van der Waals surface area contributed by atoms with Crippen LogP contribution in [0.15, 0.2) is 30.6 Å². The number of carbonyl (C=O) groups excluding carboxylic acids is 1. The Morgan fingerprint density at radius 3 is 2.60 bits per heavy atom. The molecule has 0 saturated carbocycles. The Hall–Kier alpha value is -3.75. The number of amides is 1. The van der Waals surface area contributed by atoms with Crippen LogP contribution in [0.25, 0.3) is 11.5 Å². The first-order chi connectivity index (χ1) is 16.5. The quantitative estimate of drug-likeness (QED) is 0.535. The summed E-state index contributed by atoms with van der Waals surface area (Å²) in [6.45, 7) is -2.36. The largest absolute Gasteiger partial charge is 0.436 e. The molecule has 4 heterocycles. The Bertz CT molecular complexity index is 1250. The van der Waals surface area contributed by atoms with Crippen molar-refractivity contribution in [2.75, 3.05) is 6.61 Å².